The lowest BCUT2D eigenvalue weighted by atomic mass is 11.0. The highest BCUT2D eigenvalue weighted by molar-refractivity contribution is 7.88. The third kappa shape index (κ3) is 4.65. The molecule has 0 aliphatic heterocycles. The van der Waals surface area contributed by atoms with Gasteiger partial charge in [-0.15, -0.1) is 0 Å². The number of hydrogen-bond donors (Lipinski definition) is 0. The molecule has 0 aromatic carbocycles. The van der Waals surface area contributed by atoms with Crippen molar-refractivity contribution in [2.24, 2.45) is 0 Å². The van der Waals surface area contributed by atoms with Crippen molar-refractivity contribution in [2.75, 3.05) is 11.5 Å². The van der Waals surface area contributed by atoms with Crippen LogP contribution in [0.5, 0.6) is 0 Å². The molecule has 12 heavy (non-hydrogen) atoms. The maximum atomic E-state index is 10.6. The molecule has 0 fully saturated rings. The summed E-state index contributed by atoms with van der Waals surface area (Å²) in [4.78, 5) is 0. The molecule has 74 valence electrons. The van der Waals surface area contributed by atoms with Crippen LogP contribution < -0.4 is 0 Å². The van der Waals surface area contributed by atoms with Crippen LogP contribution in [-0.2, 0) is 28.9 Å². The van der Waals surface area contributed by atoms with Gasteiger partial charge in [0.25, 0.3) is 20.2 Å². The van der Waals surface area contributed by atoms with E-state index in [1.54, 1.807) is 0 Å². The van der Waals surface area contributed by atoms with Gasteiger partial charge in [-0.2, -0.15) is 16.8 Å². The summed E-state index contributed by atoms with van der Waals surface area (Å²) in [6, 6.07) is 0. The second-order valence-electron chi connectivity index (χ2n) is 1.83. The predicted octanol–water partition coefficient (Wildman–Crippen LogP) is -0.366. The Labute approximate surface area is 71.7 Å². The zero-order valence-electron chi connectivity index (χ0n) is 6.68. The van der Waals surface area contributed by atoms with E-state index in [1.165, 1.54) is 13.8 Å². The van der Waals surface area contributed by atoms with E-state index in [0.717, 1.165) is 0 Å². The van der Waals surface area contributed by atoms with Crippen molar-refractivity contribution in [3.8, 4) is 0 Å². The van der Waals surface area contributed by atoms with Gasteiger partial charge in [0.2, 0.25) is 0 Å². The molecule has 0 rings (SSSR count). The average Bonchev–Trinajstić information content (AvgIpc) is 2.02. The zero-order valence-corrected chi connectivity index (χ0v) is 8.31. The van der Waals surface area contributed by atoms with Crippen molar-refractivity contribution in [3.63, 3.8) is 0 Å². The second kappa shape index (κ2) is 4.17. The molecule has 0 N–H and O–H groups in total. The Morgan fingerprint density at radius 3 is 1.25 bits per heavy atom. The lowest BCUT2D eigenvalue weighted by Crippen LogP contribution is -2.14. The standard InChI is InChI=1S/C4H10O6S2/c1-3-11(5,6)9-10-12(7,8)4-2/h3-4H2,1-2H3. The molecule has 0 aliphatic rings. The Balaban J connectivity index is 4.20. The molecule has 6 nitrogen and oxygen atoms in total. The fraction of sp³-hybridized carbons (Fsp3) is 1.00. The van der Waals surface area contributed by atoms with Crippen LogP contribution in [0.25, 0.3) is 0 Å². The first-order chi connectivity index (χ1) is 5.33. The third-order valence-corrected chi connectivity index (χ3v) is 2.99. The minimum absolute atomic E-state index is 0.341. The molecule has 0 atom stereocenters. The monoisotopic (exact) mass is 218 g/mol. The third-order valence-electron chi connectivity index (χ3n) is 0.942. The molecular formula is C4H10O6S2. The van der Waals surface area contributed by atoms with Crippen molar-refractivity contribution in [2.45, 2.75) is 13.8 Å². The highest BCUT2D eigenvalue weighted by Gasteiger charge is 2.15. The second-order valence-corrected chi connectivity index (χ2v) is 5.49. The summed E-state index contributed by atoms with van der Waals surface area (Å²) in [6.45, 7) is 2.61. The van der Waals surface area contributed by atoms with Gasteiger partial charge in [0.15, 0.2) is 0 Å². The van der Waals surface area contributed by atoms with Gasteiger partial charge < -0.3 is 0 Å². The van der Waals surface area contributed by atoms with E-state index in [2.05, 4.69) is 8.67 Å². The zero-order chi connectivity index (χ0) is 9.83. The Kier molecular flexibility index (Phi) is 4.11. The molecule has 0 aliphatic carbocycles. The molecule has 0 saturated heterocycles. The first-order valence-electron chi connectivity index (χ1n) is 3.16. The molecule has 0 amide bonds. The van der Waals surface area contributed by atoms with E-state index >= 15 is 0 Å². The van der Waals surface area contributed by atoms with Crippen LogP contribution in [0.3, 0.4) is 0 Å². The van der Waals surface area contributed by atoms with Crippen molar-refractivity contribution in [1.82, 2.24) is 0 Å². The molecular weight excluding hydrogens is 208 g/mol. The highest BCUT2D eigenvalue weighted by atomic mass is 32.2. The summed E-state index contributed by atoms with van der Waals surface area (Å²) in [6.07, 6.45) is 0. The van der Waals surface area contributed by atoms with E-state index < -0.39 is 20.2 Å². The maximum absolute atomic E-state index is 10.6. The summed E-state index contributed by atoms with van der Waals surface area (Å²) >= 11 is 0. The molecule has 0 radical (unpaired) electrons. The number of hydrogen-bond acceptors (Lipinski definition) is 6. The van der Waals surface area contributed by atoms with Crippen molar-refractivity contribution in [1.29, 1.82) is 0 Å². The maximum Gasteiger partial charge on any atom is 0.294 e. The van der Waals surface area contributed by atoms with Gasteiger partial charge in [0.05, 0.1) is 11.5 Å². The Hall–Kier alpha value is -0.180. The van der Waals surface area contributed by atoms with Crippen molar-refractivity contribution in [3.05, 3.63) is 0 Å². The summed E-state index contributed by atoms with van der Waals surface area (Å²) < 4.78 is 49.6. The Morgan fingerprint density at radius 2 is 1.08 bits per heavy atom. The number of rotatable bonds is 5. The lowest BCUT2D eigenvalue weighted by molar-refractivity contribution is -0.0846. The minimum atomic E-state index is -3.86. The van der Waals surface area contributed by atoms with Crippen LogP contribution in [0.1, 0.15) is 13.8 Å². The Bertz CT molecular complexity index is 277. The van der Waals surface area contributed by atoms with Gasteiger partial charge in [0.1, 0.15) is 0 Å². The first-order valence-corrected chi connectivity index (χ1v) is 6.31. The normalized spacial score (nSPS) is 13.2. The van der Waals surface area contributed by atoms with E-state index in [4.69, 9.17) is 0 Å². The van der Waals surface area contributed by atoms with Crippen molar-refractivity contribution >= 4 is 20.2 Å². The van der Waals surface area contributed by atoms with Crippen LogP contribution in [-0.4, -0.2) is 28.3 Å². The van der Waals surface area contributed by atoms with E-state index in [9.17, 15) is 16.8 Å². The summed E-state index contributed by atoms with van der Waals surface area (Å²) in [5.41, 5.74) is 0. The molecule has 0 heterocycles. The molecule has 0 unspecified atom stereocenters. The lowest BCUT2D eigenvalue weighted by Gasteiger charge is -2.00. The minimum Gasteiger partial charge on any atom is -0.197 e. The van der Waals surface area contributed by atoms with Crippen LogP contribution >= 0.6 is 0 Å². The molecule has 0 spiro atoms. The average molecular weight is 218 g/mol. The topological polar surface area (TPSA) is 86.7 Å². The Morgan fingerprint density at radius 1 is 0.833 bits per heavy atom. The van der Waals surface area contributed by atoms with E-state index in [0.29, 0.717) is 0 Å². The molecule has 0 saturated carbocycles. The van der Waals surface area contributed by atoms with Crippen molar-refractivity contribution < 1.29 is 25.5 Å². The molecule has 0 aromatic heterocycles. The predicted molar refractivity (Wildman–Crippen MR) is 41.1 cm³/mol. The fourth-order valence-electron chi connectivity index (χ4n) is 0.181. The van der Waals surface area contributed by atoms with Crippen LogP contribution in [0.2, 0.25) is 0 Å². The summed E-state index contributed by atoms with van der Waals surface area (Å²) in [5.74, 6) is -0.682. The van der Waals surface area contributed by atoms with E-state index in [1.807, 2.05) is 0 Å². The molecule has 0 aromatic rings. The van der Waals surface area contributed by atoms with Gasteiger partial charge in [0, 0.05) is 0 Å². The van der Waals surface area contributed by atoms with Crippen LogP contribution in [0.4, 0.5) is 0 Å². The highest BCUT2D eigenvalue weighted by Crippen LogP contribution is 1.99. The largest absolute Gasteiger partial charge is 0.294 e. The summed E-state index contributed by atoms with van der Waals surface area (Å²) in [7, 11) is -7.73. The first kappa shape index (κ1) is 11.8. The van der Waals surface area contributed by atoms with Gasteiger partial charge in [-0.1, -0.05) is 8.67 Å². The van der Waals surface area contributed by atoms with Gasteiger partial charge in [-0.25, -0.2) is 0 Å². The van der Waals surface area contributed by atoms with Gasteiger partial charge >= 0.3 is 0 Å². The SMILES string of the molecule is CCS(=O)(=O)OOS(=O)(=O)CC. The van der Waals surface area contributed by atoms with Crippen LogP contribution in [0, 0.1) is 0 Å². The summed E-state index contributed by atoms with van der Waals surface area (Å²) in [5, 5.41) is 0. The fourth-order valence-corrected chi connectivity index (χ4v) is 1.05. The van der Waals surface area contributed by atoms with E-state index in [-0.39, 0.29) is 11.5 Å². The van der Waals surface area contributed by atoms with Gasteiger partial charge in [-0.05, 0) is 13.8 Å². The molecule has 8 heteroatoms. The van der Waals surface area contributed by atoms with Crippen LogP contribution in [0.15, 0.2) is 0 Å². The van der Waals surface area contributed by atoms with Gasteiger partial charge in [-0.3, -0.25) is 0 Å². The smallest absolute Gasteiger partial charge is 0.197 e. The molecule has 0 bridgehead atoms. The quantitative estimate of drug-likeness (QED) is 0.462.